The molecule has 0 amide bonds. The molecule has 0 rings (SSSR count). The summed E-state index contributed by atoms with van der Waals surface area (Å²) in [7, 11) is 1.82. The quantitative estimate of drug-likeness (QED) is 0.474. The van der Waals surface area contributed by atoms with Crippen LogP contribution in [0, 0.1) is 5.92 Å². The molecule has 0 fully saturated rings. The predicted octanol–water partition coefficient (Wildman–Crippen LogP) is 1.33. The number of aldehydes is 1. The van der Waals surface area contributed by atoms with Gasteiger partial charge in [-0.3, -0.25) is 4.79 Å². The highest BCUT2D eigenvalue weighted by molar-refractivity contribution is 5.74. The molecule has 0 aliphatic heterocycles. The molecule has 0 aromatic heterocycles. The largest absolute Gasteiger partial charge is 0.391 e. The first-order chi connectivity index (χ1) is 4.63. The van der Waals surface area contributed by atoms with Crippen molar-refractivity contribution in [2.45, 2.75) is 20.8 Å². The Balaban J connectivity index is 4.45. The van der Waals surface area contributed by atoms with Crippen molar-refractivity contribution in [3.8, 4) is 0 Å². The molecule has 58 valence electrons. The van der Waals surface area contributed by atoms with Gasteiger partial charge in [-0.05, 0) is 12.8 Å². The first kappa shape index (κ1) is 9.21. The van der Waals surface area contributed by atoms with E-state index in [2.05, 4.69) is 5.32 Å². The third-order valence-electron chi connectivity index (χ3n) is 1.56. The van der Waals surface area contributed by atoms with Gasteiger partial charge in [0, 0.05) is 18.3 Å². The molecular formula is C8H15NO. The van der Waals surface area contributed by atoms with Gasteiger partial charge < -0.3 is 5.32 Å². The zero-order valence-corrected chi connectivity index (χ0v) is 7.06. The summed E-state index contributed by atoms with van der Waals surface area (Å²) in [6.45, 7) is 5.92. The zero-order valence-electron chi connectivity index (χ0n) is 7.06. The van der Waals surface area contributed by atoms with Crippen molar-refractivity contribution >= 4 is 6.29 Å². The van der Waals surface area contributed by atoms with E-state index < -0.39 is 0 Å². The van der Waals surface area contributed by atoms with Crippen molar-refractivity contribution in [1.29, 1.82) is 0 Å². The van der Waals surface area contributed by atoms with Crippen LogP contribution in [0.15, 0.2) is 11.3 Å². The Hall–Kier alpha value is -0.790. The van der Waals surface area contributed by atoms with Gasteiger partial charge in [-0.1, -0.05) is 13.8 Å². The average Bonchev–Trinajstić information content (AvgIpc) is 1.88. The molecule has 0 saturated carbocycles. The van der Waals surface area contributed by atoms with Crippen molar-refractivity contribution in [1.82, 2.24) is 5.32 Å². The van der Waals surface area contributed by atoms with E-state index in [4.69, 9.17) is 0 Å². The van der Waals surface area contributed by atoms with E-state index in [0.717, 1.165) is 17.6 Å². The van der Waals surface area contributed by atoms with E-state index in [-0.39, 0.29) is 0 Å². The molecular weight excluding hydrogens is 126 g/mol. The molecule has 2 heteroatoms. The summed E-state index contributed by atoms with van der Waals surface area (Å²) in [4.78, 5) is 10.4. The number of hydrogen-bond acceptors (Lipinski definition) is 2. The number of nitrogens with one attached hydrogen (secondary N) is 1. The first-order valence-corrected chi connectivity index (χ1v) is 3.47. The van der Waals surface area contributed by atoms with E-state index in [9.17, 15) is 4.79 Å². The number of carbonyl (C=O) groups excluding carboxylic acids is 1. The van der Waals surface area contributed by atoms with Crippen LogP contribution in [0.5, 0.6) is 0 Å². The molecule has 0 heterocycles. The van der Waals surface area contributed by atoms with Crippen molar-refractivity contribution < 1.29 is 4.79 Å². The minimum absolute atomic E-state index is 0.310. The maximum Gasteiger partial charge on any atom is 0.147 e. The second-order valence-electron chi connectivity index (χ2n) is 2.60. The zero-order chi connectivity index (χ0) is 8.15. The maximum absolute atomic E-state index is 10.4. The van der Waals surface area contributed by atoms with E-state index in [0.29, 0.717) is 5.92 Å². The molecule has 0 aromatic carbocycles. The number of rotatable bonds is 3. The second-order valence-corrected chi connectivity index (χ2v) is 2.60. The lowest BCUT2D eigenvalue weighted by molar-refractivity contribution is -0.105. The van der Waals surface area contributed by atoms with Gasteiger partial charge in [-0.15, -0.1) is 0 Å². The number of carbonyl (C=O) groups is 1. The molecule has 2 nitrogen and oxygen atoms in total. The Morgan fingerprint density at radius 2 is 2.00 bits per heavy atom. The van der Waals surface area contributed by atoms with Crippen molar-refractivity contribution in [2.75, 3.05) is 7.05 Å². The van der Waals surface area contributed by atoms with Gasteiger partial charge in [0.05, 0.1) is 0 Å². The molecule has 0 bridgehead atoms. The van der Waals surface area contributed by atoms with Gasteiger partial charge in [0.15, 0.2) is 0 Å². The van der Waals surface area contributed by atoms with E-state index >= 15 is 0 Å². The van der Waals surface area contributed by atoms with Gasteiger partial charge >= 0.3 is 0 Å². The fourth-order valence-corrected chi connectivity index (χ4v) is 0.802. The molecule has 0 atom stereocenters. The van der Waals surface area contributed by atoms with E-state index in [1.54, 1.807) is 0 Å². The van der Waals surface area contributed by atoms with E-state index in [1.807, 2.05) is 27.8 Å². The topological polar surface area (TPSA) is 29.1 Å². The van der Waals surface area contributed by atoms with Crippen LogP contribution in [-0.4, -0.2) is 13.3 Å². The third-order valence-corrected chi connectivity index (χ3v) is 1.56. The van der Waals surface area contributed by atoms with Crippen LogP contribution in [0.4, 0.5) is 0 Å². The molecule has 0 radical (unpaired) electrons. The molecule has 0 spiro atoms. The average molecular weight is 141 g/mol. The summed E-state index contributed by atoms with van der Waals surface area (Å²) >= 11 is 0. The van der Waals surface area contributed by atoms with Gasteiger partial charge in [-0.2, -0.15) is 0 Å². The maximum atomic E-state index is 10.4. The fourth-order valence-electron chi connectivity index (χ4n) is 0.802. The van der Waals surface area contributed by atoms with Gasteiger partial charge in [0.2, 0.25) is 0 Å². The number of allylic oxidation sites excluding steroid dienone is 2. The van der Waals surface area contributed by atoms with E-state index in [1.165, 1.54) is 0 Å². The molecule has 0 aliphatic carbocycles. The van der Waals surface area contributed by atoms with Gasteiger partial charge in [0.1, 0.15) is 6.29 Å². The van der Waals surface area contributed by atoms with Gasteiger partial charge in [0.25, 0.3) is 0 Å². The molecule has 10 heavy (non-hydrogen) atoms. The lowest BCUT2D eigenvalue weighted by Crippen LogP contribution is -2.10. The summed E-state index contributed by atoms with van der Waals surface area (Å²) in [6.07, 6.45) is 0.913. The predicted molar refractivity (Wildman–Crippen MR) is 42.7 cm³/mol. The Labute approximate surface area is 62.3 Å². The molecule has 0 unspecified atom stereocenters. The Morgan fingerprint density at radius 1 is 1.50 bits per heavy atom. The Bertz CT molecular complexity index is 147. The highest BCUT2D eigenvalue weighted by atomic mass is 16.1. The molecule has 0 aromatic rings. The Kier molecular flexibility index (Phi) is 3.77. The normalized spacial score (nSPS) is 12.9. The summed E-state index contributed by atoms with van der Waals surface area (Å²) in [6, 6.07) is 0. The standard InChI is InChI=1S/C8H15NO/c1-6(2)8(5-10)7(3)9-4/h5-6,9H,1-4H3/b8-7-. The van der Waals surface area contributed by atoms with Crippen molar-refractivity contribution in [2.24, 2.45) is 5.92 Å². The van der Waals surface area contributed by atoms with Crippen molar-refractivity contribution in [3.05, 3.63) is 11.3 Å². The summed E-state index contributed by atoms with van der Waals surface area (Å²) in [5.74, 6) is 0.310. The fraction of sp³-hybridized carbons (Fsp3) is 0.625. The van der Waals surface area contributed by atoms with Crippen LogP contribution in [0.2, 0.25) is 0 Å². The highest BCUT2D eigenvalue weighted by Gasteiger charge is 2.03. The summed E-state index contributed by atoms with van der Waals surface area (Å²) in [5.41, 5.74) is 1.81. The van der Waals surface area contributed by atoms with Crippen molar-refractivity contribution in [3.63, 3.8) is 0 Å². The molecule has 1 N–H and O–H groups in total. The minimum atomic E-state index is 0.310. The molecule has 0 aliphatic rings. The summed E-state index contributed by atoms with van der Waals surface area (Å²) < 4.78 is 0. The minimum Gasteiger partial charge on any atom is -0.391 e. The van der Waals surface area contributed by atoms with Crippen LogP contribution in [0.3, 0.4) is 0 Å². The SMILES string of the molecule is CN/C(C)=C(/C=O)C(C)C. The summed E-state index contributed by atoms with van der Waals surface area (Å²) in [5, 5.41) is 2.95. The van der Waals surface area contributed by atoms with Crippen LogP contribution < -0.4 is 5.32 Å². The monoisotopic (exact) mass is 141 g/mol. The molecule has 0 saturated heterocycles. The number of hydrogen-bond donors (Lipinski definition) is 1. The third kappa shape index (κ3) is 2.21. The van der Waals surface area contributed by atoms with Crippen LogP contribution in [0.25, 0.3) is 0 Å². The van der Waals surface area contributed by atoms with Crippen LogP contribution in [0.1, 0.15) is 20.8 Å². The highest BCUT2D eigenvalue weighted by Crippen LogP contribution is 2.09. The lowest BCUT2D eigenvalue weighted by atomic mass is 10.0. The second kappa shape index (κ2) is 4.09. The van der Waals surface area contributed by atoms with Crippen LogP contribution >= 0.6 is 0 Å². The first-order valence-electron chi connectivity index (χ1n) is 3.47. The Morgan fingerprint density at radius 3 is 2.10 bits per heavy atom. The van der Waals surface area contributed by atoms with Crippen LogP contribution in [-0.2, 0) is 4.79 Å². The van der Waals surface area contributed by atoms with Gasteiger partial charge in [-0.25, -0.2) is 0 Å². The smallest absolute Gasteiger partial charge is 0.147 e. The lowest BCUT2D eigenvalue weighted by Gasteiger charge is -2.08.